The molecule has 5 heteroatoms. The Hall–Kier alpha value is -0.810. The minimum atomic E-state index is -0.589. The molecule has 0 amide bonds. The summed E-state index contributed by atoms with van der Waals surface area (Å²) in [6.07, 6.45) is 3.05. The third-order valence-electron chi connectivity index (χ3n) is 2.53. The monoisotopic (exact) mass is 276 g/mol. The van der Waals surface area contributed by atoms with Crippen molar-refractivity contribution in [2.24, 2.45) is 0 Å². The molecule has 0 fully saturated rings. The average Bonchev–Trinajstić information content (AvgIpc) is 2.41. The maximum atomic E-state index is 11.1. The normalized spacial score (nSPS) is 12.2. The van der Waals surface area contributed by atoms with Crippen LogP contribution in [0, 0.1) is 0 Å². The molecule has 0 aliphatic carbocycles. The highest BCUT2D eigenvalue weighted by Gasteiger charge is 2.06. The van der Waals surface area contributed by atoms with Crippen molar-refractivity contribution in [2.75, 3.05) is 33.0 Å². The highest BCUT2D eigenvalue weighted by atomic mass is 16.7. The van der Waals surface area contributed by atoms with E-state index in [2.05, 4.69) is 6.92 Å². The molecular formula is C14H28O5. The summed E-state index contributed by atoms with van der Waals surface area (Å²) in [4.78, 5) is 11.1. The predicted molar refractivity (Wildman–Crippen MR) is 73.3 cm³/mol. The van der Waals surface area contributed by atoms with Gasteiger partial charge in [-0.3, -0.25) is 0 Å². The molecule has 0 bridgehead atoms. The van der Waals surface area contributed by atoms with Gasteiger partial charge in [0.15, 0.2) is 0 Å². The molecular weight excluding hydrogens is 248 g/mol. The lowest BCUT2D eigenvalue weighted by molar-refractivity contribution is -0.0178. The highest BCUT2D eigenvalue weighted by molar-refractivity contribution is 5.59. The number of rotatable bonds is 12. The van der Waals surface area contributed by atoms with Crippen LogP contribution in [0.5, 0.6) is 0 Å². The second-order valence-electron chi connectivity index (χ2n) is 4.21. The summed E-state index contributed by atoms with van der Waals surface area (Å²) >= 11 is 0. The molecule has 0 aromatic carbocycles. The first-order chi connectivity index (χ1) is 9.24. The minimum Gasteiger partial charge on any atom is -0.434 e. The molecule has 0 saturated heterocycles. The first kappa shape index (κ1) is 18.2. The number of carbonyl (C=O) groups excluding carboxylic acids is 1. The van der Waals surface area contributed by atoms with Gasteiger partial charge in [-0.1, -0.05) is 20.3 Å². The van der Waals surface area contributed by atoms with E-state index in [4.69, 9.17) is 18.9 Å². The molecule has 5 nitrogen and oxygen atoms in total. The van der Waals surface area contributed by atoms with Crippen molar-refractivity contribution in [3.63, 3.8) is 0 Å². The van der Waals surface area contributed by atoms with Gasteiger partial charge in [0, 0.05) is 19.6 Å². The van der Waals surface area contributed by atoms with E-state index < -0.39 is 6.16 Å². The van der Waals surface area contributed by atoms with Gasteiger partial charge in [-0.2, -0.15) is 0 Å². The largest absolute Gasteiger partial charge is 0.508 e. The van der Waals surface area contributed by atoms with Gasteiger partial charge in [0.2, 0.25) is 0 Å². The van der Waals surface area contributed by atoms with Gasteiger partial charge in [-0.15, -0.1) is 0 Å². The van der Waals surface area contributed by atoms with Crippen molar-refractivity contribution in [1.82, 2.24) is 0 Å². The molecule has 0 rings (SSSR count). The maximum absolute atomic E-state index is 11.1. The van der Waals surface area contributed by atoms with E-state index in [9.17, 15) is 4.79 Å². The summed E-state index contributed by atoms with van der Waals surface area (Å²) in [6.45, 7) is 8.69. The summed E-state index contributed by atoms with van der Waals surface area (Å²) in [5, 5.41) is 0. The third-order valence-corrected chi connectivity index (χ3v) is 2.53. The zero-order chi connectivity index (χ0) is 14.3. The van der Waals surface area contributed by atoms with Crippen LogP contribution in [0.25, 0.3) is 0 Å². The van der Waals surface area contributed by atoms with Crippen molar-refractivity contribution in [3.05, 3.63) is 0 Å². The average molecular weight is 276 g/mol. The Morgan fingerprint density at radius 1 is 1.00 bits per heavy atom. The molecule has 0 aliphatic rings. The SMILES string of the molecule is CCCCOC(=O)OCCCOCC(CC)OCC. The second kappa shape index (κ2) is 13.6. The van der Waals surface area contributed by atoms with Crippen LogP contribution in [-0.4, -0.2) is 45.3 Å². The van der Waals surface area contributed by atoms with E-state index in [0.717, 1.165) is 19.3 Å². The van der Waals surface area contributed by atoms with Gasteiger partial charge in [0.1, 0.15) is 0 Å². The third kappa shape index (κ3) is 12.0. The van der Waals surface area contributed by atoms with Crippen molar-refractivity contribution < 1.29 is 23.7 Å². The summed E-state index contributed by atoms with van der Waals surface area (Å²) in [6, 6.07) is 0. The topological polar surface area (TPSA) is 54.0 Å². The molecule has 0 radical (unpaired) electrons. The molecule has 0 aromatic heterocycles. The zero-order valence-corrected chi connectivity index (χ0v) is 12.5. The van der Waals surface area contributed by atoms with Crippen LogP contribution in [0.15, 0.2) is 0 Å². The Bertz CT molecular complexity index is 208. The van der Waals surface area contributed by atoms with Gasteiger partial charge >= 0.3 is 6.16 Å². The van der Waals surface area contributed by atoms with E-state index in [0.29, 0.717) is 39.5 Å². The van der Waals surface area contributed by atoms with E-state index in [1.165, 1.54) is 0 Å². The Morgan fingerprint density at radius 2 is 1.68 bits per heavy atom. The summed E-state index contributed by atoms with van der Waals surface area (Å²) in [5.41, 5.74) is 0. The molecule has 0 saturated carbocycles. The molecule has 0 aromatic rings. The Morgan fingerprint density at radius 3 is 2.26 bits per heavy atom. The first-order valence-corrected chi connectivity index (χ1v) is 7.23. The molecule has 114 valence electrons. The van der Waals surface area contributed by atoms with E-state index in [-0.39, 0.29) is 6.10 Å². The number of hydrogen-bond donors (Lipinski definition) is 0. The van der Waals surface area contributed by atoms with Crippen LogP contribution in [0.3, 0.4) is 0 Å². The Kier molecular flexibility index (Phi) is 13.0. The quantitative estimate of drug-likeness (QED) is 0.405. The van der Waals surface area contributed by atoms with Gasteiger partial charge < -0.3 is 18.9 Å². The van der Waals surface area contributed by atoms with Crippen LogP contribution in [0.4, 0.5) is 4.79 Å². The molecule has 19 heavy (non-hydrogen) atoms. The minimum absolute atomic E-state index is 0.157. The second-order valence-corrected chi connectivity index (χ2v) is 4.21. The van der Waals surface area contributed by atoms with Crippen molar-refractivity contribution >= 4 is 6.16 Å². The van der Waals surface area contributed by atoms with E-state index >= 15 is 0 Å². The first-order valence-electron chi connectivity index (χ1n) is 7.23. The zero-order valence-electron chi connectivity index (χ0n) is 12.5. The molecule has 0 heterocycles. The summed E-state index contributed by atoms with van der Waals surface area (Å²) in [5.74, 6) is 0. The molecule has 0 aliphatic heterocycles. The number of hydrogen-bond acceptors (Lipinski definition) is 5. The standard InChI is InChI=1S/C14H28O5/c1-4-7-10-18-14(15)19-11-8-9-16-12-13(5-2)17-6-3/h13H,4-12H2,1-3H3. The van der Waals surface area contributed by atoms with Gasteiger partial charge in [0.25, 0.3) is 0 Å². The van der Waals surface area contributed by atoms with Gasteiger partial charge in [0.05, 0.1) is 25.9 Å². The van der Waals surface area contributed by atoms with E-state index in [1.807, 2.05) is 13.8 Å². The van der Waals surface area contributed by atoms with Gasteiger partial charge in [-0.05, 0) is 19.8 Å². The lowest BCUT2D eigenvalue weighted by Gasteiger charge is -2.14. The van der Waals surface area contributed by atoms with Crippen molar-refractivity contribution in [3.8, 4) is 0 Å². The van der Waals surface area contributed by atoms with Crippen molar-refractivity contribution in [2.45, 2.75) is 52.6 Å². The number of carbonyl (C=O) groups is 1. The number of ether oxygens (including phenoxy) is 4. The highest BCUT2D eigenvalue weighted by Crippen LogP contribution is 1.99. The Labute approximate surface area is 116 Å². The number of unbranched alkanes of at least 4 members (excludes halogenated alkanes) is 1. The lowest BCUT2D eigenvalue weighted by Crippen LogP contribution is -2.19. The van der Waals surface area contributed by atoms with E-state index in [1.54, 1.807) is 0 Å². The summed E-state index contributed by atoms with van der Waals surface area (Å²) < 4.78 is 20.7. The Balaban J connectivity index is 3.32. The molecule has 0 spiro atoms. The molecule has 1 unspecified atom stereocenters. The fourth-order valence-corrected chi connectivity index (χ4v) is 1.39. The van der Waals surface area contributed by atoms with Crippen LogP contribution >= 0.6 is 0 Å². The van der Waals surface area contributed by atoms with Crippen LogP contribution in [0.2, 0.25) is 0 Å². The fourth-order valence-electron chi connectivity index (χ4n) is 1.39. The fraction of sp³-hybridized carbons (Fsp3) is 0.929. The molecule has 1 atom stereocenters. The van der Waals surface area contributed by atoms with Gasteiger partial charge in [-0.25, -0.2) is 4.79 Å². The van der Waals surface area contributed by atoms with Crippen molar-refractivity contribution in [1.29, 1.82) is 0 Å². The summed E-state index contributed by atoms with van der Waals surface area (Å²) in [7, 11) is 0. The lowest BCUT2D eigenvalue weighted by atomic mass is 10.3. The van der Waals surface area contributed by atoms with Crippen LogP contribution < -0.4 is 0 Å². The van der Waals surface area contributed by atoms with Crippen LogP contribution in [-0.2, 0) is 18.9 Å². The maximum Gasteiger partial charge on any atom is 0.508 e. The van der Waals surface area contributed by atoms with Crippen LogP contribution in [0.1, 0.15) is 46.5 Å². The molecule has 0 N–H and O–H groups in total. The smallest absolute Gasteiger partial charge is 0.434 e. The predicted octanol–water partition coefficient (Wildman–Crippen LogP) is 3.16.